The summed E-state index contributed by atoms with van der Waals surface area (Å²) in [5.41, 5.74) is 0. The van der Waals surface area contributed by atoms with Gasteiger partial charge in [-0.2, -0.15) is 4.31 Å². The van der Waals surface area contributed by atoms with E-state index in [9.17, 15) is 18.0 Å². The molecule has 1 amide bonds. The Morgan fingerprint density at radius 1 is 1.33 bits per heavy atom. The van der Waals surface area contributed by atoms with Crippen LogP contribution in [0.2, 0.25) is 0 Å². The van der Waals surface area contributed by atoms with Crippen molar-refractivity contribution in [1.82, 2.24) is 9.62 Å². The summed E-state index contributed by atoms with van der Waals surface area (Å²) in [4.78, 5) is 23.3. The highest BCUT2D eigenvalue weighted by Crippen LogP contribution is 2.30. The van der Waals surface area contributed by atoms with Gasteiger partial charge < -0.3 is 14.8 Å². The van der Waals surface area contributed by atoms with E-state index in [1.54, 1.807) is 0 Å². The summed E-state index contributed by atoms with van der Waals surface area (Å²) in [5.74, 6) is -1.50. The molecule has 0 bridgehead atoms. The molecular weight excluding hydrogens is 336 g/mol. The molecule has 1 unspecified atom stereocenters. The Labute approximate surface area is 139 Å². The lowest BCUT2D eigenvalue weighted by molar-refractivity contribution is -0.125. The van der Waals surface area contributed by atoms with E-state index in [1.807, 2.05) is 0 Å². The van der Waals surface area contributed by atoms with Gasteiger partial charge in [0.25, 0.3) is 10.0 Å². The van der Waals surface area contributed by atoms with Gasteiger partial charge in [0.05, 0.1) is 0 Å². The van der Waals surface area contributed by atoms with E-state index in [4.69, 9.17) is 9.52 Å². The Kier molecular flexibility index (Phi) is 4.39. The van der Waals surface area contributed by atoms with E-state index in [-0.39, 0.29) is 18.5 Å². The third-order valence-electron chi connectivity index (χ3n) is 4.58. The van der Waals surface area contributed by atoms with Gasteiger partial charge in [0.2, 0.25) is 16.8 Å². The van der Waals surface area contributed by atoms with Gasteiger partial charge in [-0.3, -0.25) is 4.79 Å². The number of carboxylic acid groups (broad SMARTS) is 1. The van der Waals surface area contributed by atoms with Gasteiger partial charge in [-0.15, -0.1) is 0 Å². The van der Waals surface area contributed by atoms with Crippen molar-refractivity contribution < 1.29 is 27.5 Å². The lowest BCUT2D eigenvalue weighted by Gasteiger charge is -2.34. The van der Waals surface area contributed by atoms with E-state index in [0.717, 1.165) is 29.3 Å². The van der Waals surface area contributed by atoms with Gasteiger partial charge in [-0.05, 0) is 43.7 Å². The van der Waals surface area contributed by atoms with Crippen LogP contribution in [0.15, 0.2) is 21.6 Å². The molecule has 1 aliphatic carbocycles. The maximum absolute atomic E-state index is 12.7. The van der Waals surface area contributed by atoms with Gasteiger partial charge in [-0.1, -0.05) is 6.92 Å². The van der Waals surface area contributed by atoms with E-state index in [0.29, 0.717) is 18.8 Å². The molecule has 132 valence electrons. The van der Waals surface area contributed by atoms with Gasteiger partial charge in [0.1, 0.15) is 6.04 Å². The van der Waals surface area contributed by atoms with Crippen molar-refractivity contribution in [2.24, 2.45) is 5.92 Å². The Hall–Kier alpha value is -1.87. The van der Waals surface area contributed by atoms with Crippen LogP contribution in [0.25, 0.3) is 0 Å². The molecule has 8 nitrogen and oxygen atoms in total. The van der Waals surface area contributed by atoms with Gasteiger partial charge >= 0.3 is 5.97 Å². The molecule has 9 heteroatoms. The summed E-state index contributed by atoms with van der Waals surface area (Å²) in [6.07, 6.45) is 2.83. The van der Waals surface area contributed by atoms with E-state index < -0.39 is 32.9 Å². The van der Waals surface area contributed by atoms with Crippen LogP contribution >= 0.6 is 0 Å². The minimum absolute atomic E-state index is 0.111. The van der Waals surface area contributed by atoms with Crippen LogP contribution < -0.4 is 5.32 Å². The third-order valence-corrected chi connectivity index (χ3v) is 6.36. The van der Waals surface area contributed by atoms with Crippen molar-refractivity contribution in [3.63, 3.8) is 0 Å². The molecule has 1 atom stereocenters. The van der Waals surface area contributed by atoms with Crippen LogP contribution in [0.3, 0.4) is 0 Å². The van der Waals surface area contributed by atoms with Crippen LogP contribution in [0, 0.1) is 5.92 Å². The molecule has 0 radical (unpaired) electrons. The van der Waals surface area contributed by atoms with E-state index >= 15 is 0 Å². The van der Waals surface area contributed by atoms with Crippen molar-refractivity contribution in [3.8, 4) is 0 Å². The zero-order valence-electron chi connectivity index (χ0n) is 13.3. The number of carboxylic acids is 1. The number of nitrogens with zero attached hydrogens (tertiary/aromatic N) is 1. The highest BCUT2D eigenvalue weighted by molar-refractivity contribution is 7.89. The van der Waals surface area contributed by atoms with E-state index in [1.165, 1.54) is 0 Å². The molecule has 1 saturated carbocycles. The van der Waals surface area contributed by atoms with E-state index in [2.05, 4.69) is 12.2 Å². The minimum atomic E-state index is -4.04. The van der Waals surface area contributed by atoms with Gasteiger partial charge in [0, 0.05) is 12.6 Å². The smallest absolute Gasteiger partial charge is 0.371 e. The summed E-state index contributed by atoms with van der Waals surface area (Å²) in [6, 6.07) is 1.54. The molecular formula is C15H20N2O6S. The Morgan fingerprint density at radius 2 is 2.04 bits per heavy atom. The SMILES string of the molecule is CC1CC(NC(=O)C2CCCN2S(=O)(=O)c2ccc(C(=O)O)o2)C1. The monoisotopic (exact) mass is 356 g/mol. The quantitative estimate of drug-likeness (QED) is 0.814. The second-order valence-electron chi connectivity index (χ2n) is 6.48. The Morgan fingerprint density at radius 3 is 2.62 bits per heavy atom. The molecule has 3 rings (SSSR count). The molecule has 1 aromatic rings. The lowest BCUT2D eigenvalue weighted by Crippen LogP contribution is -2.51. The largest absolute Gasteiger partial charge is 0.475 e. The molecule has 1 saturated heterocycles. The standard InChI is InChI=1S/C15H20N2O6S/c1-9-7-10(8-9)16-14(18)11-3-2-6-17(11)24(21,22)13-5-4-12(23-13)15(19)20/h4-5,9-11H,2-3,6-8H2,1H3,(H,16,18)(H,19,20). The summed E-state index contributed by atoms with van der Waals surface area (Å²) in [7, 11) is -4.04. The number of hydrogen-bond donors (Lipinski definition) is 2. The molecule has 2 fully saturated rings. The maximum Gasteiger partial charge on any atom is 0.371 e. The number of aromatic carboxylic acids is 1. The summed E-state index contributed by atoms with van der Waals surface area (Å²) >= 11 is 0. The number of furan rings is 1. The predicted molar refractivity (Wildman–Crippen MR) is 82.9 cm³/mol. The molecule has 0 spiro atoms. The second kappa shape index (κ2) is 6.21. The number of nitrogens with one attached hydrogen (secondary N) is 1. The third kappa shape index (κ3) is 3.05. The van der Waals surface area contributed by atoms with Crippen LogP contribution in [-0.2, 0) is 14.8 Å². The number of carbonyl (C=O) groups excluding carboxylic acids is 1. The van der Waals surface area contributed by atoms with Crippen molar-refractivity contribution in [1.29, 1.82) is 0 Å². The first kappa shape index (κ1) is 17.0. The van der Waals surface area contributed by atoms with Crippen molar-refractivity contribution in [2.75, 3.05) is 6.54 Å². The van der Waals surface area contributed by atoms with Crippen LogP contribution in [0.4, 0.5) is 0 Å². The molecule has 2 heterocycles. The first-order valence-electron chi connectivity index (χ1n) is 7.94. The summed E-state index contributed by atoms with van der Waals surface area (Å²) in [5, 5.41) is 11.3. The fourth-order valence-corrected chi connectivity index (χ4v) is 4.87. The topological polar surface area (TPSA) is 117 Å². The number of hydrogen-bond acceptors (Lipinski definition) is 5. The first-order chi connectivity index (χ1) is 11.3. The Bertz CT molecular complexity index is 750. The minimum Gasteiger partial charge on any atom is -0.475 e. The van der Waals surface area contributed by atoms with Crippen molar-refractivity contribution in [3.05, 3.63) is 17.9 Å². The number of amides is 1. The predicted octanol–water partition coefficient (Wildman–Crippen LogP) is 1.05. The Balaban J connectivity index is 1.75. The second-order valence-corrected chi connectivity index (χ2v) is 8.30. The zero-order chi connectivity index (χ0) is 17.5. The highest BCUT2D eigenvalue weighted by Gasteiger charge is 2.42. The van der Waals surface area contributed by atoms with Crippen LogP contribution in [0.5, 0.6) is 0 Å². The summed E-state index contributed by atoms with van der Waals surface area (Å²) in [6.45, 7) is 2.32. The molecule has 24 heavy (non-hydrogen) atoms. The average molecular weight is 356 g/mol. The number of sulfonamides is 1. The fourth-order valence-electron chi connectivity index (χ4n) is 3.30. The molecule has 0 aromatic carbocycles. The zero-order valence-corrected chi connectivity index (χ0v) is 14.1. The number of carbonyl (C=O) groups is 2. The maximum atomic E-state index is 12.7. The normalized spacial score (nSPS) is 27.6. The molecule has 1 aliphatic heterocycles. The summed E-state index contributed by atoms with van der Waals surface area (Å²) < 4.78 is 31.4. The van der Waals surface area contributed by atoms with Gasteiger partial charge in [-0.25, -0.2) is 13.2 Å². The highest BCUT2D eigenvalue weighted by atomic mass is 32.2. The average Bonchev–Trinajstić information content (AvgIpc) is 3.15. The van der Waals surface area contributed by atoms with Crippen LogP contribution in [-0.4, -0.2) is 48.3 Å². The van der Waals surface area contributed by atoms with Gasteiger partial charge in [0.15, 0.2) is 0 Å². The lowest BCUT2D eigenvalue weighted by atomic mass is 9.82. The first-order valence-corrected chi connectivity index (χ1v) is 9.38. The van der Waals surface area contributed by atoms with Crippen molar-refractivity contribution >= 4 is 21.9 Å². The molecule has 1 aromatic heterocycles. The molecule has 2 aliphatic rings. The van der Waals surface area contributed by atoms with Crippen molar-refractivity contribution in [2.45, 2.75) is 49.8 Å². The fraction of sp³-hybridized carbons (Fsp3) is 0.600. The molecule has 2 N–H and O–H groups in total. The number of rotatable bonds is 5. The van der Waals surface area contributed by atoms with Crippen LogP contribution in [0.1, 0.15) is 43.2 Å².